The summed E-state index contributed by atoms with van der Waals surface area (Å²) in [6.45, 7) is 0.247. The van der Waals surface area contributed by atoms with Gasteiger partial charge in [0.05, 0.1) is 11.3 Å². The van der Waals surface area contributed by atoms with Crippen LogP contribution in [0.4, 0.5) is 11.4 Å². The van der Waals surface area contributed by atoms with Gasteiger partial charge in [-0.25, -0.2) is 4.79 Å². The van der Waals surface area contributed by atoms with Crippen LogP contribution in [-0.4, -0.2) is 20.1 Å². The van der Waals surface area contributed by atoms with Crippen molar-refractivity contribution in [1.29, 1.82) is 0 Å². The summed E-state index contributed by atoms with van der Waals surface area (Å²) in [4.78, 5) is 14.1. The summed E-state index contributed by atoms with van der Waals surface area (Å²) in [6.07, 6.45) is 0. The number of nitrogen functional groups attached to an aromatic ring is 1. The molecule has 0 bridgehead atoms. The van der Waals surface area contributed by atoms with Gasteiger partial charge in [-0.15, -0.1) is 0 Å². The molecule has 0 saturated heterocycles. The Bertz CT molecular complexity index is 639. The molecule has 0 saturated carbocycles. The second-order valence-corrected chi connectivity index (χ2v) is 6.12. The number of nitrogens with zero attached hydrogens (tertiary/aromatic N) is 1. The third kappa shape index (κ3) is 4.10. The van der Waals surface area contributed by atoms with Crippen LogP contribution in [0.25, 0.3) is 0 Å². The van der Waals surface area contributed by atoms with Gasteiger partial charge in [-0.2, -0.15) is 0 Å². The summed E-state index contributed by atoms with van der Waals surface area (Å²) in [5.74, 6) is -0.371. The van der Waals surface area contributed by atoms with Crippen LogP contribution in [0.2, 0.25) is 0 Å². The van der Waals surface area contributed by atoms with Crippen LogP contribution in [0, 0.1) is 3.57 Å². The third-order valence-corrected chi connectivity index (χ3v) is 3.72. The Hall–Kier alpha value is -1.76. The maximum Gasteiger partial charge on any atom is 0.340 e. The molecule has 5 heteroatoms. The average Bonchev–Trinajstić information content (AvgIpc) is 2.46. The number of rotatable bonds is 4. The number of anilines is 2. The highest BCUT2D eigenvalue weighted by atomic mass is 127. The summed E-state index contributed by atoms with van der Waals surface area (Å²) in [7, 11) is 3.75. The minimum atomic E-state index is -0.371. The Labute approximate surface area is 138 Å². The topological polar surface area (TPSA) is 55.6 Å². The van der Waals surface area contributed by atoms with E-state index in [0.717, 1.165) is 14.8 Å². The number of ether oxygens (including phenoxy) is 1. The molecule has 2 aromatic rings. The normalized spacial score (nSPS) is 10.2. The van der Waals surface area contributed by atoms with Crippen molar-refractivity contribution in [1.82, 2.24) is 0 Å². The van der Waals surface area contributed by atoms with Crippen LogP contribution in [0.15, 0.2) is 42.5 Å². The summed E-state index contributed by atoms with van der Waals surface area (Å²) >= 11 is 2.24. The van der Waals surface area contributed by atoms with Crippen LogP contribution in [0.3, 0.4) is 0 Å². The molecule has 2 aromatic carbocycles. The molecule has 2 N–H and O–H groups in total. The molecule has 0 amide bonds. The summed E-state index contributed by atoms with van der Waals surface area (Å²) in [5, 5.41) is 0. The van der Waals surface area contributed by atoms with Gasteiger partial charge in [0.25, 0.3) is 0 Å². The number of halogens is 1. The monoisotopic (exact) mass is 396 g/mol. The Morgan fingerprint density at radius 1 is 1.19 bits per heavy atom. The van der Waals surface area contributed by atoms with E-state index in [4.69, 9.17) is 10.5 Å². The van der Waals surface area contributed by atoms with Gasteiger partial charge in [0.15, 0.2) is 0 Å². The SMILES string of the molecule is CN(C)c1ccc(N)cc1C(=O)OCc1ccc(I)cc1. The standard InChI is InChI=1S/C16H17IN2O2/c1-19(2)15-8-7-13(18)9-14(15)16(20)21-10-11-3-5-12(17)6-4-11/h3-9H,10,18H2,1-2H3. The quantitative estimate of drug-likeness (QED) is 0.490. The van der Waals surface area contributed by atoms with E-state index in [0.29, 0.717) is 11.3 Å². The van der Waals surface area contributed by atoms with Crippen LogP contribution in [0.1, 0.15) is 15.9 Å². The van der Waals surface area contributed by atoms with Crippen molar-refractivity contribution in [3.8, 4) is 0 Å². The van der Waals surface area contributed by atoms with Crippen molar-refractivity contribution in [2.75, 3.05) is 24.7 Å². The van der Waals surface area contributed by atoms with E-state index in [-0.39, 0.29) is 12.6 Å². The molecule has 0 heterocycles. The molecule has 0 unspecified atom stereocenters. The smallest absolute Gasteiger partial charge is 0.340 e. The van der Waals surface area contributed by atoms with Gasteiger partial charge in [0.2, 0.25) is 0 Å². The van der Waals surface area contributed by atoms with Gasteiger partial charge in [0.1, 0.15) is 6.61 Å². The Morgan fingerprint density at radius 2 is 1.86 bits per heavy atom. The van der Waals surface area contributed by atoms with E-state index in [9.17, 15) is 4.79 Å². The molecule has 0 aliphatic heterocycles. The molecule has 0 aromatic heterocycles. The van der Waals surface area contributed by atoms with E-state index < -0.39 is 0 Å². The van der Waals surface area contributed by atoms with E-state index in [2.05, 4.69) is 22.6 Å². The molecular weight excluding hydrogens is 379 g/mol. The number of nitrogens with two attached hydrogens (primary N) is 1. The van der Waals surface area contributed by atoms with Crippen LogP contribution >= 0.6 is 22.6 Å². The molecule has 0 fully saturated rings. The Kier molecular flexibility index (Phi) is 5.06. The largest absolute Gasteiger partial charge is 0.457 e. The first kappa shape index (κ1) is 15.6. The van der Waals surface area contributed by atoms with E-state index in [1.807, 2.05) is 49.3 Å². The first-order valence-electron chi connectivity index (χ1n) is 6.46. The highest BCUT2D eigenvalue weighted by Crippen LogP contribution is 2.22. The van der Waals surface area contributed by atoms with Crippen LogP contribution in [0.5, 0.6) is 0 Å². The Morgan fingerprint density at radius 3 is 2.48 bits per heavy atom. The lowest BCUT2D eigenvalue weighted by molar-refractivity contribution is 0.0473. The number of hydrogen-bond acceptors (Lipinski definition) is 4. The zero-order valence-electron chi connectivity index (χ0n) is 12.0. The molecule has 21 heavy (non-hydrogen) atoms. The fourth-order valence-electron chi connectivity index (χ4n) is 1.91. The van der Waals surface area contributed by atoms with Crippen LogP contribution in [-0.2, 0) is 11.3 Å². The fourth-order valence-corrected chi connectivity index (χ4v) is 2.27. The number of carbonyl (C=O) groups is 1. The van der Waals surface area contributed by atoms with Gasteiger partial charge in [0, 0.05) is 23.4 Å². The number of esters is 1. The first-order chi connectivity index (χ1) is 9.97. The van der Waals surface area contributed by atoms with Crippen molar-refractivity contribution in [2.45, 2.75) is 6.61 Å². The minimum absolute atomic E-state index is 0.247. The lowest BCUT2D eigenvalue weighted by Crippen LogP contribution is -2.15. The summed E-state index contributed by atoms with van der Waals surface area (Å²) in [5.41, 5.74) is 8.53. The van der Waals surface area contributed by atoms with Crippen LogP contribution < -0.4 is 10.6 Å². The lowest BCUT2D eigenvalue weighted by Gasteiger charge is -2.17. The zero-order valence-corrected chi connectivity index (χ0v) is 14.1. The number of carbonyl (C=O) groups excluding carboxylic acids is 1. The van der Waals surface area contributed by atoms with Gasteiger partial charge in [-0.3, -0.25) is 0 Å². The molecule has 0 aliphatic rings. The second-order valence-electron chi connectivity index (χ2n) is 4.87. The maximum atomic E-state index is 12.3. The average molecular weight is 396 g/mol. The minimum Gasteiger partial charge on any atom is -0.457 e. The zero-order chi connectivity index (χ0) is 15.4. The second kappa shape index (κ2) is 6.80. The Balaban J connectivity index is 2.13. The van der Waals surface area contributed by atoms with Crippen molar-refractivity contribution in [3.63, 3.8) is 0 Å². The first-order valence-corrected chi connectivity index (χ1v) is 7.53. The van der Waals surface area contributed by atoms with E-state index >= 15 is 0 Å². The molecule has 0 spiro atoms. The molecule has 2 rings (SSSR count). The van der Waals surface area contributed by atoms with Gasteiger partial charge in [-0.05, 0) is 58.5 Å². The number of benzene rings is 2. The molecule has 0 atom stereocenters. The summed E-state index contributed by atoms with van der Waals surface area (Å²) < 4.78 is 6.52. The maximum absolute atomic E-state index is 12.3. The predicted molar refractivity (Wildman–Crippen MR) is 93.5 cm³/mol. The molecule has 4 nitrogen and oxygen atoms in total. The summed E-state index contributed by atoms with van der Waals surface area (Å²) in [6, 6.07) is 13.1. The van der Waals surface area contributed by atoms with Gasteiger partial charge in [-0.1, -0.05) is 12.1 Å². The van der Waals surface area contributed by atoms with E-state index in [1.165, 1.54) is 0 Å². The van der Waals surface area contributed by atoms with Crippen molar-refractivity contribution < 1.29 is 9.53 Å². The molecular formula is C16H17IN2O2. The molecule has 110 valence electrons. The molecule has 0 radical (unpaired) electrons. The van der Waals surface area contributed by atoms with E-state index in [1.54, 1.807) is 12.1 Å². The van der Waals surface area contributed by atoms with Crippen molar-refractivity contribution >= 4 is 39.9 Å². The van der Waals surface area contributed by atoms with Crippen molar-refractivity contribution in [2.24, 2.45) is 0 Å². The lowest BCUT2D eigenvalue weighted by atomic mass is 10.1. The molecule has 0 aliphatic carbocycles. The van der Waals surface area contributed by atoms with Crippen molar-refractivity contribution in [3.05, 3.63) is 57.2 Å². The number of hydrogen-bond donors (Lipinski definition) is 1. The van der Waals surface area contributed by atoms with Gasteiger partial charge < -0.3 is 15.4 Å². The third-order valence-electron chi connectivity index (χ3n) is 3.01. The van der Waals surface area contributed by atoms with Gasteiger partial charge >= 0.3 is 5.97 Å². The highest BCUT2D eigenvalue weighted by molar-refractivity contribution is 14.1. The fraction of sp³-hybridized carbons (Fsp3) is 0.188. The predicted octanol–water partition coefficient (Wildman–Crippen LogP) is 3.30. The highest BCUT2D eigenvalue weighted by Gasteiger charge is 2.15.